The molecule has 0 atom stereocenters. The maximum absolute atomic E-state index is 13.0. The second-order valence-electron chi connectivity index (χ2n) is 6.37. The number of benzene rings is 1. The number of carbonyl (C=O) groups is 1. The molecule has 0 unspecified atom stereocenters. The number of aromatic amines is 2. The summed E-state index contributed by atoms with van der Waals surface area (Å²) >= 11 is 7.38. The van der Waals surface area contributed by atoms with Crippen LogP contribution in [0, 0.1) is 13.8 Å². The van der Waals surface area contributed by atoms with Gasteiger partial charge in [-0.3, -0.25) is 24.4 Å². The van der Waals surface area contributed by atoms with Gasteiger partial charge >= 0.3 is 0 Å². The van der Waals surface area contributed by atoms with Gasteiger partial charge in [-0.2, -0.15) is 10.2 Å². The Kier molecular flexibility index (Phi) is 5.12. The normalized spacial score (nSPS) is 11.1. The smallest absolute Gasteiger partial charge is 0.269 e. The van der Waals surface area contributed by atoms with Gasteiger partial charge in [-0.1, -0.05) is 29.4 Å². The number of hydrogen-bond acceptors (Lipinski definition) is 6. The Labute approximate surface area is 173 Å². The average molecular weight is 430 g/mol. The number of aromatic nitrogens is 6. The molecule has 0 spiro atoms. The molecule has 0 radical (unpaired) electrons. The maximum atomic E-state index is 13.0. The van der Waals surface area contributed by atoms with Crippen LogP contribution < -0.4 is 10.9 Å². The van der Waals surface area contributed by atoms with Crippen molar-refractivity contribution in [1.29, 1.82) is 0 Å². The fourth-order valence-corrected chi connectivity index (χ4v) is 3.69. The minimum atomic E-state index is -0.297. The van der Waals surface area contributed by atoms with Gasteiger partial charge in [0, 0.05) is 16.8 Å². The summed E-state index contributed by atoms with van der Waals surface area (Å²) in [5.74, 6) is 0.208. The molecule has 3 aromatic heterocycles. The first-order valence-corrected chi connectivity index (χ1v) is 9.96. The third-order valence-corrected chi connectivity index (χ3v) is 5.52. The Hall–Kier alpha value is -3.11. The van der Waals surface area contributed by atoms with Crippen molar-refractivity contribution in [2.75, 3.05) is 11.1 Å². The Morgan fingerprint density at radius 3 is 2.83 bits per heavy atom. The van der Waals surface area contributed by atoms with Crippen LogP contribution in [0.3, 0.4) is 0 Å². The van der Waals surface area contributed by atoms with Crippen LogP contribution in [-0.2, 0) is 4.79 Å². The topological polar surface area (TPSA) is 121 Å². The lowest BCUT2D eigenvalue weighted by Crippen LogP contribution is -2.22. The number of nitrogens with one attached hydrogen (secondary N) is 3. The molecule has 148 valence electrons. The number of amides is 1. The summed E-state index contributed by atoms with van der Waals surface area (Å²) in [7, 11) is 0. The molecule has 29 heavy (non-hydrogen) atoms. The molecule has 4 aromatic rings. The lowest BCUT2D eigenvalue weighted by molar-refractivity contribution is -0.113. The summed E-state index contributed by atoms with van der Waals surface area (Å²) in [6, 6.07) is 7.03. The van der Waals surface area contributed by atoms with Crippen molar-refractivity contribution in [3.05, 3.63) is 57.1 Å². The number of nitrogens with zero attached hydrogens (tertiary/aromatic N) is 4. The summed E-state index contributed by atoms with van der Waals surface area (Å²) in [5, 5.41) is 17.3. The zero-order valence-electron chi connectivity index (χ0n) is 15.5. The number of carbonyl (C=O) groups excluding carboxylic acids is 1. The van der Waals surface area contributed by atoms with Gasteiger partial charge in [0.1, 0.15) is 5.39 Å². The van der Waals surface area contributed by atoms with Gasteiger partial charge in [0.25, 0.3) is 5.56 Å². The second-order valence-corrected chi connectivity index (χ2v) is 7.72. The van der Waals surface area contributed by atoms with Crippen LogP contribution in [0.5, 0.6) is 0 Å². The van der Waals surface area contributed by atoms with E-state index in [1.165, 1.54) is 10.8 Å². The number of hydrogen-bond donors (Lipinski definition) is 3. The number of rotatable bonds is 5. The van der Waals surface area contributed by atoms with Crippen LogP contribution in [0.2, 0.25) is 5.02 Å². The van der Waals surface area contributed by atoms with E-state index in [1.54, 1.807) is 18.2 Å². The summed E-state index contributed by atoms with van der Waals surface area (Å²) in [4.78, 5) is 29.8. The van der Waals surface area contributed by atoms with E-state index in [-0.39, 0.29) is 17.2 Å². The standard InChI is InChI=1S/C18H16ClN7O2S/c1-9-3-4-11(6-13(9)19)26-17(28)12-7-20-25-16(12)22-18(26)29-8-15(27)21-14-5-10(2)23-24-14/h3-7H,8H2,1-2H3,(H,20,25)(H2,21,23,24,27). The predicted molar refractivity (Wildman–Crippen MR) is 112 cm³/mol. The Balaban J connectivity index is 1.68. The number of H-pyrrole nitrogens is 2. The van der Waals surface area contributed by atoms with Crippen molar-refractivity contribution in [2.24, 2.45) is 0 Å². The monoisotopic (exact) mass is 429 g/mol. The van der Waals surface area contributed by atoms with Crippen LogP contribution in [0.4, 0.5) is 5.82 Å². The van der Waals surface area contributed by atoms with E-state index in [2.05, 4.69) is 30.7 Å². The van der Waals surface area contributed by atoms with Gasteiger partial charge in [-0.25, -0.2) is 4.98 Å². The third kappa shape index (κ3) is 3.89. The van der Waals surface area contributed by atoms with Crippen LogP contribution in [0.1, 0.15) is 11.3 Å². The second kappa shape index (κ2) is 7.72. The van der Waals surface area contributed by atoms with Gasteiger partial charge in [0.05, 0.1) is 17.6 Å². The molecule has 0 aliphatic carbocycles. The molecule has 3 heterocycles. The first-order valence-electron chi connectivity index (χ1n) is 8.59. The van der Waals surface area contributed by atoms with Crippen LogP contribution in [0.15, 0.2) is 40.4 Å². The average Bonchev–Trinajstić information content (AvgIpc) is 3.31. The van der Waals surface area contributed by atoms with Gasteiger partial charge < -0.3 is 5.32 Å². The molecular weight excluding hydrogens is 414 g/mol. The minimum absolute atomic E-state index is 0.0393. The number of halogens is 1. The van der Waals surface area contributed by atoms with E-state index in [1.807, 2.05) is 19.9 Å². The van der Waals surface area contributed by atoms with E-state index in [0.29, 0.717) is 32.7 Å². The van der Waals surface area contributed by atoms with Crippen molar-refractivity contribution in [3.63, 3.8) is 0 Å². The lowest BCUT2D eigenvalue weighted by atomic mass is 10.2. The highest BCUT2D eigenvalue weighted by Gasteiger charge is 2.17. The SMILES string of the molecule is Cc1cc(NC(=O)CSc2nc3[nH]ncc3c(=O)n2-c2ccc(C)c(Cl)c2)n[nH]1. The summed E-state index contributed by atoms with van der Waals surface area (Å²) < 4.78 is 1.43. The Bertz CT molecular complexity index is 1280. The predicted octanol–water partition coefficient (Wildman–Crippen LogP) is 2.83. The quantitative estimate of drug-likeness (QED) is 0.331. The summed E-state index contributed by atoms with van der Waals surface area (Å²) in [6.07, 6.45) is 1.43. The molecule has 3 N–H and O–H groups in total. The lowest BCUT2D eigenvalue weighted by Gasteiger charge is -2.12. The third-order valence-electron chi connectivity index (χ3n) is 4.17. The highest BCUT2D eigenvalue weighted by Crippen LogP contribution is 2.24. The Morgan fingerprint density at radius 2 is 2.10 bits per heavy atom. The zero-order valence-corrected chi connectivity index (χ0v) is 17.1. The van der Waals surface area contributed by atoms with E-state index in [0.717, 1.165) is 23.0 Å². The number of anilines is 1. The molecule has 4 rings (SSSR count). The largest absolute Gasteiger partial charge is 0.308 e. The zero-order chi connectivity index (χ0) is 20.5. The molecule has 9 nitrogen and oxygen atoms in total. The number of thioether (sulfide) groups is 1. The van der Waals surface area contributed by atoms with Crippen LogP contribution in [-0.4, -0.2) is 41.6 Å². The summed E-state index contributed by atoms with van der Waals surface area (Å²) in [6.45, 7) is 3.72. The molecule has 1 amide bonds. The van der Waals surface area contributed by atoms with Gasteiger partial charge in [0.15, 0.2) is 16.6 Å². The van der Waals surface area contributed by atoms with E-state index in [9.17, 15) is 9.59 Å². The number of aryl methyl sites for hydroxylation is 2. The molecule has 0 saturated heterocycles. The van der Waals surface area contributed by atoms with Crippen molar-refractivity contribution in [2.45, 2.75) is 19.0 Å². The molecule has 0 aliphatic heterocycles. The maximum Gasteiger partial charge on any atom is 0.269 e. The fourth-order valence-electron chi connectivity index (χ4n) is 2.71. The van der Waals surface area contributed by atoms with Crippen molar-refractivity contribution < 1.29 is 4.79 Å². The molecule has 1 aromatic carbocycles. The number of fused-ring (bicyclic) bond motifs is 1. The molecular formula is C18H16ClN7O2S. The minimum Gasteiger partial charge on any atom is -0.308 e. The summed E-state index contributed by atoms with van der Waals surface area (Å²) in [5.41, 5.74) is 2.35. The molecule has 11 heteroatoms. The first-order chi connectivity index (χ1) is 13.9. The highest BCUT2D eigenvalue weighted by molar-refractivity contribution is 7.99. The van der Waals surface area contributed by atoms with Crippen molar-refractivity contribution >= 4 is 46.1 Å². The van der Waals surface area contributed by atoms with Crippen LogP contribution >= 0.6 is 23.4 Å². The van der Waals surface area contributed by atoms with Gasteiger partial charge in [-0.05, 0) is 31.5 Å². The van der Waals surface area contributed by atoms with E-state index < -0.39 is 0 Å². The Morgan fingerprint density at radius 1 is 1.28 bits per heavy atom. The van der Waals surface area contributed by atoms with Crippen molar-refractivity contribution in [3.8, 4) is 5.69 Å². The highest BCUT2D eigenvalue weighted by atomic mass is 35.5. The molecule has 0 saturated carbocycles. The van der Waals surface area contributed by atoms with Crippen molar-refractivity contribution in [1.82, 2.24) is 29.9 Å². The van der Waals surface area contributed by atoms with Gasteiger partial charge in [-0.15, -0.1) is 0 Å². The van der Waals surface area contributed by atoms with E-state index in [4.69, 9.17) is 11.6 Å². The van der Waals surface area contributed by atoms with E-state index >= 15 is 0 Å². The molecule has 0 aliphatic rings. The van der Waals surface area contributed by atoms with Gasteiger partial charge in [0.2, 0.25) is 5.91 Å². The fraction of sp³-hybridized carbons (Fsp3) is 0.167. The molecule has 0 fully saturated rings. The van der Waals surface area contributed by atoms with Crippen LogP contribution in [0.25, 0.3) is 16.7 Å². The molecule has 0 bridgehead atoms. The first kappa shape index (κ1) is 19.2.